The number of nitrogens with one attached hydrogen (secondary N) is 2. The minimum absolute atomic E-state index is 0.158. The molecule has 0 bridgehead atoms. The second-order valence-corrected chi connectivity index (χ2v) is 7.08. The molecule has 2 N–H and O–H groups in total. The molecule has 0 fully saturated rings. The maximum Gasteiger partial charge on any atom is 0.265 e. The van der Waals surface area contributed by atoms with Crippen molar-refractivity contribution in [3.05, 3.63) is 75.4 Å². The van der Waals surface area contributed by atoms with E-state index in [2.05, 4.69) is 10.6 Å². The van der Waals surface area contributed by atoms with Crippen LogP contribution in [0.15, 0.2) is 60.0 Å². The van der Waals surface area contributed by atoms with E-state index in [1.165, 1.54) is 18.4 Å². The van der Waals surface area contributed by atoms with Gasteiger partial charge in [-0.25, -0.2) is 0 Å². The molecule has 0 aliphatic carbocycles. The molecule has 0 radical (unpaired) electrons. The van der Waals surface area contributed by atoms with E-state index in [9.17, 15) is 9.59 Å². The first kappa shape index (κ1) is 18.9. The number of amides is 2. The molecule has 0 atom stereocenters. The summed E-state index contributed by atoms with van der Waals surface area (Å²) < 4.78 is 5.34. The molecule has 1 aromatic heterocycles. The molecule has 0 saturated carbocycles. The van der Waals surface area contributed by atoms with Gasteiger partial charge in [0.15, 0.2) is 0 Å². The van der Waals surface area contributed by atoms with E-state index in [-0.39, 0.29) is 18.2 Å². The van der Waals surface area contributed by atoms with Gasteiger partial charge in [-0.05, 0) is 41.3 Å². The first-order valence-corrected chi connectivity index (χ1v) is 9.38. The second-order valence-electron chi connectivity index (χ2n) is 5.70. The SMILES string of the molecule is COc1cc(NC(=O)Cc2ccc(Cl)cc2)ccc1NC(=O)c1cccs1. The first-order chi connectivity index (χ1) is 13.0. The molecule has 2 amide bonds. The van der Waals surface area contributed by atoms with Gasteiger partial charge in [-0.1, -0.05) is 29.8 Å². The van der Waals surface area contributed by atoms with E-state index in [0.29, 0.717) is 27.0 Å². The monoisotopic (exact) mass is 400 g/mol. The first-order valence-electron chi connectivity index (χ1n) is 8.12. The Kier molecular flexibility index (Phi) is 6.11. The average molecular weight is 401 g/mol. The van der Waals surface area contributed by atoms with Gasteiger partial charge in [-0.3, -0.25) is 9.59 Å². The molecular weight excluding hydrogens is 384 g/mol. The largest absolute Gasteiger partial charge is 0.494 e. The van der Waals surface area contributed by atoms with Crippen molar-refractivity contribution >= 4 is 46.1 Å². The molecule has 0 saturated heterocycles. The lowest BCUT2D eigenvalue weighted by atomic mass is 10.1. The molecule has 0 aliphatic rings. The standard InChI is InChI=1S/C20H17ClN2O3S/c1-26-17-12-15(22-19(24)11-13-4-6-14(21)7-5-13)8-9-16(17)23-20(25)18-3-2-10-27-18/h2-10,12H,11H2,1H3,(H,22,24)(H,23,25). The van der Waals surface area contributed by atoms with Crippen molar-refractivity contribution in [2.75, 3.05) is 17.7 Å². The minimum atomic E-state index is -0.206. The van der Waals surface area contributed by atoms with Crippen LogP contribution < -0.4 is 15.4 Å². The summed E-state index contributed by atoms with van der Waals surface area (Å²) in [5, 5.41) is 8.10. The fourth-order valence-corrected chi connectivity index (χ4v) is 3.20. The molecular formula is C20H17ClN2O3S. The van der Waals surface area contributed by atoms with Gasteiger partial charge in [0.2, 0.25) is 5.91 Å². The highest BCUT2D eigenvalue weighted by Crippen LogP contribution is 2.29. The van der Waals surface area contributed by atoms with Gasteiger partial charge >= 0.3 is 0 Å². The summed E-state index contributed by atoms with van der Waals surface area (Å²) in [7, 11) is 1.51. The fourth-order valence-electron chi connectivity index (χ4n) is 2.46. The zero-order chi connectivity index (χ0) is 19.2. The molecule has 0 spiro atoms. The number of halogens is 1. The van der Waals surface area contributed by atoms with Crippen molar-refractivity contribution in [2.24, 2.45) is 0 Å². The van der Waals surface area contributed by atoms with Crippen molar-refractivity contribution in [3.63, 3.8) is 0 Å². The zero-order valence-electron chi connectivity index (χ0n) is 14.5. The van der Waals surface area contributed by atoms with Crippen molar-refractivity contribution in [3.8, 4) is 5.75 Å². The van der Waals surface area contributed by atoms with Crippen LogP contribution in [0, 0.1) is 0 Å². The number of thiophene rings is 1. The Hall–Kier alpha value is -2.83. The summed E-state index contributed by atoms with van der Waals surface area (Å²) >= 11 is 7.21. The van der Waals surface area contributed by atoms with E-state index >= 15 is 0 Å². The van der Waals surface area contributed by atoms with Crippen molar-refractivity contribution in [1.82, 2.24) is 0 Å². The van der Waals surface area contributed by atoms with Gasteiger partial charge in [0.25, 0.3) is 5.91 Å². The molecule has 138 valence electrons. The highest BCUT2D eigenvalue weighted by Gasteiger charge is 2.12. The minimum Gasteiger partial charge on any atom is -0.494 e. The lowest BCUT2D eigenvalue weighted by molar-refractivity contribution is -0.115. The van der Waals surface area contributed by atoms with Crippen LogP contribution in [0.1, 0.15) is 15.2 Å². The van der Waals surface area contributed by atoms with Gasteiger partial charge < -0.3 is 15.4 Å². The predicted molar refractivity (Wildman–Crippen MR) is 109 cm³/mol. The summed E-state index contributed by atoms with van der Waals surface area (Å²) in [6.45, 7) is 0. The highest BCUT2D eigenvalue weighted by molar-refractivity contribution is 7.12. The lowest BCUT2D eigenvalue weighted by Crippen LogP contribution is -2.15. The summed E-state index contributed by atoms with van der Waals surface area (Å²) in [4.78, 5) is 25.0. The molecule has 0 aliphatic heterocycles. The molecule has 7 heteroatoms. The number of rotatable bonds is 6. The van der Waals surface area contributed by atoms with E-state index in [4.69, 9.17) is 16.3 Å². The Morgan fingerprint density at radius 2 is 1.85 bits per heavy atom. The molecule has 3 aromatic rings. The van der Waals surface area contributed by atoms with Gasteiger partial charge in [0.1, 0.15) is 5.75 Å². The van der Waals surface area contributed by atoms with Crippen LogP contribution in [0.3, 0.4) is 0 Å². The lowest BCUT2D eigenvalue weighted by Gasteiger charge is -2.12. The molecule has 27 heavy (non-hydrogen) atoms. The number of benzene rings is 2. The molecule has 0 unspecified atom stereocenters. The molecule has 2 aromatic carbocycles. The van der Waals surface area contributed by atoms with E-state index < -0.39 is 0 Å². The molecule has 1 heterocycles. The summed E-state index contributed by atoms with van der Waals surface area (Å²) in [5.41, 5.74) is 1.98. The molecule has 5 nitrogen and oxygen atoms in total. The van der Waals surface area contributed by atoms with Crippen LogP contribution in [0.2, 0.25) is 5.02 Å². The topological polar surface area (TPSA) is 67.4 Å². The van der Waals surface area contributed by atoms with E-state index in [1.54, 1.807) is 36.4 Å². The van der Waals surface area contributed by atoms with Gasteiger partial charge in [0.05, 0.1) is 24.1 Å². The third kappa shape index (κ3) is 5.09. The molecule has 3 rings (SSSR count). The van der Waals surface area contributed by atoms with Gasteiger partial charge in [0, 0.05) is 16.8 Å². The summed E-state index contributed by atoms with van der Waals surface area (Å²) in [5.74, 6) is 0.0989. The van der Waals surface area contributed by atoms with Gasteiger partial charge in [-0.15, -0.1) is 11.3 Å². The predicted octanol–water partition coefficient (Wildman–Crippen LogP) is 4.84. The van der Waals surface area contributed by atoms with Crippen LogP contribution in [0.5, 0.6) is 5.75 Å². The zero-order valence-corrected chi connectivity index (χ0v) is 16.1. The number of hydrogen-bond donors (Lipinski definition) is 2. The van der Waals surface area contributed by atoms with Crippen molar-refractivity contribution in [2.45, 2.75) is 6.42 Å². The maximum absolute atomic E-state index is 12.2. The fraction of sp³-hybridized carbons (Fsp3) is 0.100. The van der Waals surface area contributed by atoms with Crippen LogP contribution in [-0.2, 0) is 11.2 Å². The number of methoxy groups -OCH3 is 1. The Balaban J connectivity index is 1.67. The van der Waals surface area contributed by atoms with Crippen LogP contribution in [0.25, 0.3) is 0 Å². The second kappa shape index (κ2) is 8.70. The quantitative estimate of drug-likeness (QED) is 0.621. The summed E-state index contributed by atoms with van der Waals surface area (Å²) in [6.07, 6.45) is 0.232. The average Bonchev–Trinajstić information content (AvgIpc) is 3.19. The number of ether oxygens (including phenoxy) is 1. The third-order valence-electron chi connectivity index (χ3n) is 3.76. The Morgan fingerprint density at radius 3 is 2.52 bits per heavy atom. The Morgan fingerprint density at radius 1 is 1.07 bits per heavy atom. The van der Waals surface area contributed by atoms with E-state index in [1.807, 2.05) is 23.6 Å². The number of anilines is 2. The van der Waals surface area contributed by atoms with E-state index in [0.717, 1.165) is 5.56 Å². The maximum atomic E-state index is 12.2. The summed E-state index contributed by atoms with van der Waals surface area (Å²) in [6, 6.07) is 15.8. The van der Waals surface area contributed by atoms with Crippen LogP contribution in [0.4, 0.5) is 11.4 Å². The Labute approximate surface area is 165 Å². The smallest absolute Gasteiger partial charge is 0.265 e. The normalized spacial score (nSPS) is 10.3. The van der Waals surface area contributed by atoms with Crippen LogP contribution in [-0.4, -0.2) is 18.9 Å². The third-order valence-corrected chi connectivity index (χ3v) is 4.88. The number of carbonyl (C=O) groups excluding carboxylic acids is 2. The Bertz CT molecular complexity index is 940. The number of hydrogen-bond acceptors (Lipinski definition) is 4. The number of carbonyl (C=O) groups is 2. The van der Waals surface area contributed by atoms with Crippen LogP contribution >= 0.6 is 22.9 Å². The van der Waals surface area contributed by atoms with Gasteiger partial charge in [-0.2, -0.15) is 0 Å². The highest BCUT2D eigenvalue weighted by atomic mass is 35.5. The van der Waals surface area contributed by atoms with Crippen molar-refractivity contribution < 1.29 is 14.3 Å². The van der Waals surface area contributed by atoms with Crippen molar-refractivity contribution in [1.29, 1.82) is 0 Å².